The summed E-state index contributed by atoms with van der Waals surface area (Å²) in [6.45, 7) is 4.87. The number of hydrogen-bond acceptors (Lipinski definition) is 6. The third kappa shape index (κ3) is 4.26. The van der Waals surface area contributed by atoms with E-state index >= 15 is 0 Å². The summed E-state index contributed by atoms with van der Waals surface area (Å²) in [6, 6.07) is 0.571. The lowest BCUT2D eigenvalue weighted by Gasteiger charge is -2.20. The van der Waals surface area contributed by atoms with Crippen molar-refractivity contribution in [3.8, 4) is 0 Å². The Balaban J connectivity index is 1.63. The Morgan fingerprint density at radius 1 is 1.48 bits per heavy atom. The van der Waals surface area contributed by atoms with Gasteiger partial charge in [-0.25, -0.2) is 4.98 Å². The van der Waals surface area contributed by atoms with Gasteiger partial charge in [0.15, 0.2) is 5.69 Å². The van der Waals surface area contributed by atoms with Crippen LogP contribution in [-0.2, 0) is 20.1 Å². The van der Waals surface area contributed by atoms with Crippen molar-refractivity contribution in [2.75, 3.05) is 27.2 Å². The molecule has 0 aliphatic carbocycles. The van der Waals surface area contributed by atoms with E-state index in [1.54, 1.807) is 10.9 Å². The Kier molecular flexibility index (Phi) is 5.19. The van der Waals surface area contributed by atoms with Crippen molar-refractivity contribution in [1.29, 1.82) is 0 Å². The molecule has 0 aromatic carbocycles. The van der Waals surface area contributed by atoms with Crippen LogP contribution < -0.4 is 5.32 Å². The summed E-state index contributed by atoms with van der Waals surface area (Å²) in [4.78, 5) is 21.2. The van der Waals surface area contributed by atoms with Crippen LogP contribution in [0.2, 0.25) is 0 Å². The molecular formula is C17H26N6O2. The molecule has 1 aliphatic rings. The van der Waals surface area contributed by atoms with Crippen LogP contribution in [0.4, 0.5) is 0 Å². The molecule has 1 unspecified atom stereocenters. The number of likely N-dealkylation sites (N-methyl/N-ethyl adjacent to an activating group) is 1. The number of carbonyl (C=O) groups is 1. The molecule has 8 heteroatoms. The Labute approximate surface area is 147 Å². The van der Waals surface area contributed by atoms with E-state index in [-0.39, 0.29) is 12.5 Å². The molecule has 1 aliphatic heterocycles. The van der Waals surface area contributed by atoms with Gasteiger partial charge in [0.25, 0.3) is 5.91 Å². The van der Waals surface area contributed by atoms with Crippen molar-refractivity contribution in [3.05, 3.63) is 35.3 Å². The first-order valence-electron chi connectivity index (χ1n) is 8.53. The molecule has 0 bridgehead atoms. The number of oxazole rings is 1. The second-order valence-corrected chi connectivity index (χ2v) is 6.87. The van der Waals surface area contributed by atoms with E-state index in [0.29, 0.717) is 17.6 Å². The maximum absolute atomic E-state index is 12.5. The molecule has 1 atom stereocenters. The molecule has 1 fully saturated rings. The van der Waals surface area contributed by atoms with Gasteiger partial charge in [0.05, 0.1) is 12.7 Å². The van der Waals surface area contributed by atoms with Crippen LogP contribution in [0.5, 0.6) is 0 Å². The van der Waals surface area contributed by atoms with Crippen molar-refractivity contribution in [2.45, 2.75) is 32.5 Å². The molecule has 0 saturated carbocycles. The molecule has 0 spiro atoms. The lowest BCUT2D eigenvalue weighted by atomic mass is 10.2. The molecule has 1 N–H and O–H groups in total. The average Bonchev–Trinajstić information content (AvgIpc) is 3.26. The number of carbonyl (C=O) groups excluding carboxylic acids is 1. The van der Waals surface area contributed by atoms with Gasteiger partial charge in [-0.3, -0.25) is 14.4 Å². The Morgan fingerprint density at radius 2 is 2.28 bits per heavy atom. The molecule has 0 radical (unpaired) electrons. The van der Waals surface area contributed by atoms with Gasteiger partial charge in [0.2, 0.25) is 5.89 Å². The van der Waals surface area contributed by atoms with Crippen LogP contribution >= 0.6 is 0 Å². The topological polar surface area (TPSA) is 79.4 Å². The first-order valence-corrected chi connectivity index (χ1v) is 8.53. The van der Waals surface area contributed by atoms with Crippen molar-refractivity contribution in [2.24, 2.45) is 7.05 Å². The van der Waals surface area contributed by atoms with Crippen molar-refractivity contribution < 1.29 is 9.21 Å². The molecule has 8 nitrogen and oxygen atoms in total. The molecule has 1 saturated heterocycles. The summed E-state index contributed by atoms with van der Waals surface area (Å²) >= 11 is 0. The molecule has 3 heterocycles. The molecule has 136 valence electrons. The predicted octanol–water partition coefficient (Wildman–Crippen LogP) is 0.782. The molecule has 25 heavy (non-hydrogen) atoms. The van der Waals surface area contributed by atoms with E-state index in [0.717, 1.165) is 37.4 Å². The van der Waals surface area contributed by atoms with E-state index in [1.807, 2.05) is 20.2 Å². The zero-order valence-corrected chi connectivity index (χ0v) is 15.3. The SMILES string of the molecule is Cc1cnc(CNC(=O)c2nn(C)cc2CN2CCC(N(C)C)C2)o1. The monoisotopic (exact) mass is 346 g/mol. The lowest BCUT2D eigenvalue weighted by Crippen LogP contribution is -2.31. The van der Waals surface area contributed by atoms with E-state index < -0.39 is 0 Å². The first-order chi connectivity index (χ1) is 11.9. The highest BCUT2D eigenvalue weighted by molar-refractivity contribution is 5.93. The Bertz CT molecular complexity index is 735. The Hall–Kier alpha value is -2.19. The van der Waals surface area contributed by atoms with Crippen LogP contribution in [-0.4, -0.2) is 63.7 Å². The van der Waals surface area contributed by atoms with Gasteiger partial charge < -0.3 is 14.6 Å². The maximum atomic E-state index is 12.5. The fourth-order valence-electron chi connectivity index (χ4n) is 3.19. The van der Waals surface area contributed by atoms with Crippen LogP contribution in [0.15, 0.2) is 16.8 Å². The number of likely N-dealkylation sites (tertiary alicyclic amines) is 1. The summed E-state index contributed by atoms with van der Waals surface area (Å²) in [5.41, 5.74) is 1.42. The van der Waals surface area contributed by atoms with Crippen LogP contribution in [0.25, 0.3) is 0 Å². The molecular weight excluding hydrogens is 320 g/mol. The van der Waals surface area contributed by atoms with Crippen molar-refractivity contribution in [3.63, 3.8) is 0 Å². The van der Waals surface area contributed by atoms with Gasteiger partial charge in [0.1, 0.15) is 5.76 Å². The minimum absolute atomic E-state index is 0.199. The first kappa shape index (κ1) is 17.6. The highest BCUT2D eigenvalue weighted by Gasteiger charge is 2.26. The smallest absolute Gasteiger partial charge is 0.272 e. The van der Waals surface area contributed by atoms with Crippen LogP contribution in [0, 0.1) is 6.92 Å². The average molecular weight is 346 g/mol. The second-order valence-electron chi connectivity index (χ2n) is 6.87. The third-order valence-corrected chi connectivity index (χ3v) is 4.56. The molecule has 1 amide bonds. The number of amides is 1. The highest BCUT2D eigenvalue weighted by Crippen LogP contribution is 2.18. The van der Waals surface area contributed by atoms with E-state index in [2.05, 4.69) is 39.3 Å². The molecule has 3 rings (SSSR count). The number of aromatic nitrogens is 3. The van der Waals surface area contributed by atoms with E-state index in [1.165, 1.54) is 0 Å². The summed E-state index contributed by atoms with van der Waals surface area (Å²) in [7, 11) is 6.06. The fourth-order valence-corrected chi connectivity index (χ4v) is 3.19. The highest BCUT2D eigenvalue weighted by atomic mass is 16.4. The largest absolute Gasteiger partial charge is 0.444 e. The van der Waals surface area contributed by atoms with Crippen LogP contribution in [0.1, 0.15) is 34.1 Å². The standard InChI is InChI=1S/C17H26N6O2/c1-12-7-18-15(25-12)8-19-17(24)16-13(9-22(4)20-16)10-23-6-5-14(11-23)21(2)3/h7,9,14H,5-6,8,10-11H2,1-4H3,(H,19,24). The summed E-state index contributed by atoms with van der Waals surface area (Å²) in [5.74, 6) is 1.03. The maximum Gasteiger partial charge on any atom is 0.272 e. The van der Waals surface area contributed by atoms with Gasteiger partial charge in [-0.15, -0.1) is 0 Å². The van der Waals surface area contributed by atoms with Gasteiger partial charge in [-0.1, -0.05) is 0 Å². The minimum Gasteiger partial charge on any atom is -0.444 e. The van der Waals surface area contributed by atoms with E-state index in [4.69, 9.17) is 4.42 Å². The minimum atomic E-state index is -0.199. The number of rotatable bonds is 6. The quantitative estimate of drug-likeness (QED) is 0.833. The predicted molar refractivity (Wildman–Crippen MR) is 93.0 cm³/mol. The molecule has 2 aromatic heterocycles. The molecule has 2 aromatic rings. The zero-order chi connectivity index (χ0) is 18.0. The number of nitrogens with zero attached hydrogens (tertiary/aromatic N) is 5. The van der Waals surface area contributed by atoms with Gasteiger partial charge >= 0.3 is 0 Å². The van der Waals surface area contributed by atoms with Crippen molar-refractivity contribution in [1.82, 2.24) is 29.9 Å². The van der Waals surface area contributed by atoms with Gasteiger partial charge in [-0.05, 0) is 27.4 Å². The van der Waals surface area contributed by atoms with Gasteiger partial charge in [-0.2, -0.15) is 5.10 Å². The second kappa shape index (κ2) is 7.37. The summed E-state index contributed by atoms with van der Waals surface area (Å²) in [5, 5.41) is 7.18. The van der Waals surface area contributed by atoms with Gasteiger partial charge in [0, 0.05) is 44.5 Å². The fraction of sp³-hybridized carbons (Fsp3) is 0.588. The summed E-state index contributed by atoms with van der Waals surface area (Å²) in [6.07, 6.45) is 4.72. The Morgan fingerprint density at radius 3 is 2.92 bits per heavy atom. The van der Waals surface area contributed by atoms with Crippen LogP contribution in [0.3, 0.4) is 0 Å². The normalized spacial score (nSPS) is 18.2. The van der Waals surface area contributed by atoms with E-state index in [9.17, 15) is 4.79 Å². The van der Waals surface area contributed by atoms with Crippen molar-refractivity contribution >= 4 is 5.91 Å². The number of hydrogen-bond donors (Lipinski definition) is 1. The third-order valence-electron chi connectivity index (χ3n) is 4.56. The zero-order valence-electron chi connectivity index (χ0n) is 15.3. The number of nitrogens with one attached hydrogen (secondary N) is 1. The number of aryl methyl sites for hydroxylation is 2. The summed E-state index contributed by atoms with van der Waals surface area (Å²) < 4.78 is 7.08. The lowest BCUT2D eigenvalue weighted by molar-refractivity contribution is 0.0939.